The van der Waals surface area contributed by atoms with Crippen LogP contribution < -0.4 is 0 Å². The summed E-state index contributed by atoms with van der Waals surface area (Å²) >= 11 is 0. The fraction of sp³-hybridized carbons (Fsp3) is 0.0588. The molecular weight excluding hydrogens is 264 g/mol. The zero-order valence-electron chi connectivity index (χ0n) is 11.4. The van der Waals surface area contributed by atoms with Gasteiger partial charge >= 0.3 is 0 Å². The molecule has 0 fully saturated rings. The van der Waals surface area contributed by atoms with Crippen LogP contribution in [0.25, 0.3) is 33.1 Å². The molecule has 0 aliphatic rings. The van der Waals surface area contributed by atoms with Crippen LogP contribution in [0.5, 0.6) is 0 Å². The van der Waals surface area contributed by atoms with E-state index in [1.54, 1.807) is 6.07 Å². The normalized spacial score (nSPS) is 11.3. The summed E-state index contributed by atoms with van der Waals surface area (Å²) in [4.78, 5) is 18.4. The monoisotopic (exact) mass is 276 g/mol. The van der Waals surface area contributed by atoms with Crippen molar-refractivity contribution in [2.24, 2.45) is 0 Å². The molecule has 0 atom stereocenters. The third-order valence-corrected chi connectivity index (χ3v) is 3.74. The number of nitrogens with one attached hydrogen (secondary N) is 1. The summed E-state index contributed by atoms with van der Waals surface area (Å²) in [7, 11) is 0. The lowest BCUT2D eigenvalue weighted by molar-refractivity contribution is 0.110. The van der Waals surface area contributed by atoms with E-state index in [1.807, 2.05) is 37.4 Å². The molecule has 3 heterocycles. The second-order valence-corrected chi connectivity index (χ2v) is 5.02. The Bertz CT molecular complexity index is 979. The molecule has 0 spiro atoms. The van der Waals surface area contributed by atoms with Crippen molar-refractivity contribution in [3.8, 4) is 11.3 Å². The maximum atomic E-state index is 10.7. The molecule has 102 valence electrons. The van der Waals surface area contributed by atoms with Gasteiger partial charge in [-0.25, -0.2) is 0 Å². The van der Waals surface area contributed by atoms with Crippen molar-refractivity contribution in [1.82, 2.24) is 9.97 Å². The minimum atomic E-state index is 0.337. The molecule has 4 heteroatoms. The number of rotatable bonds is 2. The van der Waals surface area contributed by atoms with Crippen LogP contribution in [0.4, 0.5) is 0 Å². The fourth-order valence-electron chi connectivity index (χ4n) is 2.68. The van der Waals surface area contributed by atoms with E-state index < -0.39 is 0 Å². The molecule has 0 unspecified atom stereocenters. The van der Waals surface area contributed by atoms with Gasteiger partial charge in [-0.05, 0) is 43.3 Å². The molecule has 0 bridgehead atoms. The number of fused-ring (bicyclic) bond motifs is 3. The predicted molar refractivity (Wildman–Crippen MR) is 81.4 cm³/mol. The number of aryl methyl sites for hydroxylation is 1. The first-order chi connectivity index (χ1) is 10.3. The lowest BCUT2D eigenvalue weighted by Crippen LogP contribution is -1.80. The topological polar surface area (TPSA) is 58.9 Å². The van der Waals surface area contributed by atoms with Crippen LogP contribution in [0.1, 0.15) is 16.2 Å². The molecule has 4 rings (SSSR count). The van der Waals surface area contributed by atoms with Gasteiger partial charge in [0.1, 0.15) is 5.76 Å². The number of carbonyl (C=O) groups is 1. The number of aldehydes is 1. The second kappa shape index (κ2) is 4.31. The van der Waals surface area contributed by atoms with E-state index in [-0.39, 0.29) is 0 Å². The van der Waals surface area contributed by atoms with E-state index in [0.717, 1.165) is 33.1 Å². The third kappa shape index (κ3) is 1.76. The lowest BCUT2D eigenvalue weighted by Gasteiger charge is -1.98. The zero-order valence-corrected chi connectivity index (χ0v) is 11.4. The molecule has 0 aliphatic carbocycles. The highest BCUT2D eigenvalue weighted by atomic mass is 16.3. The number of furan rings is 1. The molecule has 4 aromatic rings. The van der Waals surface area contributed by atoms with Gasteiger partial charge in [0.25, 0.3) is 0 Å². The molecule has 3 aromatic heterocycles. The average molecular weight is 276 g/mol. The number of nitrogens with zero attached hydrogens (tertiary/aromatic N) is 1. The first kappa shape index (κ1) is 11.9. The molecule has 1 N–H and O–H groups in total. The molecule has 0 aliphatic heterocycles. The SMILES string of the molecule is Cc1nccc2c1[nH]c1ccc(-c3ccc(C=O)o3)cc12. The van der Waals surface area contributed by atoms with Gasteiger partial charge in [0.05, 0.1) is 11.2 Å². The molecule has 1 aromatic carbocycles. The second-order valence-electron chi connectivity index (χ2n) is 5.02. The van der Waals surface area contributed by atoms with E-state index in [9.17, 15) is 4.79 Å². The van der Waals surface area contributed by atoms with Crippen LogP contribution in [0.3, 0.4) is 0 Å². The Morgan fingerprint density at radius 2 is 2.05 bits per heavy atom. The lowest BCUT2D eigenvalue weighted by atomic mass is 10.1. The maximum absolute atomic E-state index is 10.7. The van der Waals surface area contributed by atoms with Crippen molar-refractivity contribution in [1.29, 1.82) is 0 Å². The number of hydrogen-bond acceptors (Lipinski definition) is 3. The Kier molecular flexibility index (Phi) is 2.44. The van der Waals surface area contributed by atoms with Crippen molar-refractivity contribution in [3.63, 3.8) is 0 Å². The summed E-state index contributed by atoms with van der Waals surface area (Å²) in [6, 6.07) is 11.6. The first-order valence-electron chi connectivity index (χ1n) is 6.69. The Balaban J connectivity index is 1.98. The standard InChI is InChI=1S/C17H12N2O2/c1-10-17-13(6-7-18-10)14-8-11(2-4-15(14)19-17)16-5-3-12(9-20)21-16/h2-9,19H,1H3. The van der Waals surface area contributed by atoms with Crippen molar-refractivity contribution >= 4 is 28.1 Å². The molecule has 21 heavy (non-hydrogen) atoms. The fourth-order valence-corrected chi connectivity index (χ4v) is 2.68. The summed E-state index contributed by atoms with van der Waals surface area (Å²) < 4.78 is 5.49. The average Bonchev–Trinajstić information content (AvgIpc) is 3.11. The summed E-state index contributed by atoms with van der Waals surface area (Å²) in [5.41, 5.74) is 4.04. The van der Waals surface area contributed by atoms with E-state index >= 15 is 0 Å². The maximum Gasteiger partial charge on any atom is 0.185 e. The number of aromatic nitrogens is 2. The summed E-state index contributed by atoms with van der Waals surface area (Å²) in [5, 5.41) is 2.26. The third-order valence-electron chi connectivity index (χ3n) is 3.74. The highest BCUT2D eigenvalue weighted by molar-refractivity contribution is 6.08. The Morgan fingerprint density at radius 3 is 2.86 bits per heavy atom. The molecule has 0 saturated heterocycles. The van der Waals surface area contributed by atoms with Crippen LogP contribution in [-0.4, -0.2) is 16.3 Å². The van der Waals surface area contributed by atoms with Gasteiger partial charge in [0, 0.05) is 28.0 Å². The zero-order chi connectivity index (χ0) is 14.4. The molecular formula is C17H12N2O2. The number of hydrogen-bond donors (Lipinski definition) is 1. The molecule has 0 amide bonds. The van der Waals surface area contributed by atoms with E-state index in [0.29, 0.717) is 17.8 Å². The van der Waals surface area contributed by atoms with E-state index in [4.69, 9.17) is 4.42 Å². The van der Waals surface area contributed by atoms with Gasteiger partial charge in [-0.2, -0.15) is 0 Å². The Labute approximate surface area is 120 Å². The van der Waals surface area contributed by atoms with Gasteiger partial charge in [0.15, 0.2) is 12.0 Å². The van der Waals surface area contributed by atoms with Crippen LogP contribution in [0, 0.1) is 6.92 Å². The van der Waals surface area contributed by atoms with Crippen molar-refractivity contribution in [2.45, 2.75) is 6.92 Å². The minimum absolute atomic E-state index is 0.337. The first-order valence-corrected chi connectivity index (χ1v) is 6.69. The summed E-state index contributed by atoms with van der Waals surface area (Å²) in [6.07, 6.45) is 2.53. The predicted octanol–water partition coefficient (Wildman–Crippen LogP) is 4.10. The van der Waals surface area contributed by atoms with Gasteiger partial charge in [0.2, 0.25) is 0 Å². The van der Waals surface area contributed by atoms with Crippen LogP contribution in [0.15, 0.2) is 47.0 Å². The van der Waals surface area contributed by atoms with Crippen molar-refractivity contribution in [2.75, 3.05) is 0 Å². The highest BCUT2D eigenvalue weighted by Crippen LogP contribution is 2.31. The minimum Gasteiger partial charge on any atom is -0.453 e. The number of H-pyrrole nitrogens is 1. The summed E-state index contributed by atoms with van der Waals surface area (Å²) in [5.74, 6) is 1.03. The summed E-state index contributed by atoms with van der Waals surface area (Å²) in [6.45, 7) is 1.99. The number of carbonyl (C=O) groups excluding carboxylic acids is 1. The Morgan fingerprint density at radius 1 is 1.14 bits per heavy atom. The molecule has 0 saturated carbocycles. The van der Waals surface area contributed by atoms with Crippen molar-refractivity contribution < 1.29 is 9.21 Å². The number of benzene rings is 1. The van der Waals surface area contributed by atoms with Gasteiger partial charge in [-0.1, -0.05) is 0 Å². The number of pyridine rings is 1. The quantitative estimate of drug-likeness (QED) is 0.561. The Hall–Kier alpha value is -2.88. The van der Waals surface area contributed by atoms with E-state index in [1.165, 1.54) is 0 Å². The molecule has 0 radical (unpaired) electrons. The van der Waals surface area contributed by atoms with Crippen LogP contribution in [0.2, 0.25) is 0 Å². The molecule has 4 nitrogen and oxygen atoms in total. The number of aromatic amines is 1. The van der Waals surface area contributed by atoms with Crippen LogP contribution >= 0.6 is 0 Å². The van der Waals surface area contributed by atoms with Gasteiger partial charge in [-0.3, -0.25) is 9.78 Å². The van der Waals surface area contributed by atoms with Gasteiger partial charge in [-0.15, -0.1) is 0 Å². The van der Waals surface area contributed by atoms with Crippen molar-refractivity contribution in [3.05, 3.63) is 54.0 Å². The van der Waals surface area contributed by atoms with Crippen LogP contribution in [-0.2, 0) is 0 Å². The highest BCUT2D eigenvalue weighted by Gasteiger charge is 2.10. The smallest absolute Gasteiger partial charge is 0.185 e. The van der Waals surface area contributed by atoms with E-state index in [2.05, 4.69) is 16.0 Å². The largest absolute Gasteiger partial charge is 0.453 e. The van der Waals surface area contributed by atoms with Gasteiger partial charge < -0.3 is 9.40 Å².